The lowest BCUT2D eigenvalue weighted by Gasteiger charge is -1.93. The molecule has 3 heteroatoms. The molecule has 0 spiro atoms. The van der Waals surface area contributed by atoms with Crippen LogP contribution in [0.5, 0.6) is 0 Å². The zero-order chi connectivity index (χ0) is 7.68. The maximum Gasteiger partial charge on any atom is 0.101 e. The Morgan fingerprint density at radius 1 is 1.55 bits per heavy atom. The van der Waals surface area contributed by atoms with Crippen LogP contribution in [0.3, 0.4) is 0 Å². The van der Waals surface area contributed by atoms with E-state index in [1.54, 1.807) is 0 Å². The average Bonchev–Trinajstić information content (AvgIpc) is 2.87. The molecule has 11 heavy (non-hydrogen) atoms. The van der Waals surface area contributed by atoms with Crippen LogP contribution in [0.1, 0.15) is 30.0 Å². The van der Waals surface area contributed by atoms with E-state index >= 15 is 0 Å². The van der Waals surface area contributed by atoms with Crippen LogP contribution in [0.4, 0.5) is 0 Å². The quantitative estimate of drug-likeness (QED) is 0.597. The normalized spacial score (nSPS) is 15.9. The molecular weight excluding hydrogens is 138 g/mol. The number of nitriles is 1. The second kappa shape index (κ2) is 2.31. The van der Waals surface area contributed by atoms with Crippen LogP contribution in [0.25, 0.3) is 0 Å². The molecule has 0 N–H and O–H groups in total. The maximum atomic E-state index is 8.55. The zero-order valence-electron chi connectivity index (χ0n) is 5.99. The highest BCUT2D eigenvalue weighted by Gasteiger charge is 2.25. The molecule has 1 saturated carbocycles. The highest BCUT2D eigenvalue weighted by Crippen LogP contribution is 2.38. The van der Waals surface area contributed by atoms with Crippen LogP contribution in [-0.4, -0.2) is 10.2 Å². The van der Waals surface area contributed by atoms with E-state index in [4.69, 9.17) is 5.26 Å². The molecule has 1 heterocycles. The fourth-order valence-corrected chi connectivity index (χ4v) is 1.02. The van der Waals surface area contributed by atoms with Crippen LogP contribution >= 0.6 is 0 Å². The van der Waals surface area contributed by atoms with Crippen LogP contribution in [0.15, 0.2) is 12.3 Å². The number of rotatable bonds is 1. The summed E-state index contributed by atoms with van der Waals surface area (Å²) in [7, 11) is 0. The summed E-state index contributed by atoms with van der Waals surface area (Å²) in [5, 5.41) is 16.2. The van der Waals surface area contributed by atoms with Gasteiger partial charge in [0.2, 0.25) is 0 Å². The van der Waals surface area contributed by atoms with Gasteiger partial charge in [-0.2, -0.15) is 15.5 Å². The van der Waals surface area contributed by atoms with Crippen LogP contribution in [0, 0.1) is 11.3 Å². The van der Waals surface area contributed by atoms with Crippen molar-refractivity contribution >= 4 is 0 Å². The molecule has 0 radical (unpaired) electrons. The third-order valence-corrected chi connectivity index (χ3v) is 1.80. The summed E-state index contributed by atoms with van der Waals surface area (Å²) >= 11 is 0. The van der Waals surface area contributed by atoms with Crippen molar-refractivity contribution in [3.05, 3.63) is 23.5 Å². The summed E-state index contributed by atoms with van der Waals surface area (Å²) in [6.07, 6.45) is 3.89. The van der Waals surface area contributed by atoms with Gasteiger partial charge in [0, 0.05) is 5.92 Å². The molecule has 0 aromatic carbocycles. The van der Waals surface area contributed by atoms with Crippen LogP contribution < -0.4 is 0 Å². The number of nitrogens with zero attached hydrogens (tertiary/aromatic N) is 3. The highest BCUT2D eigenvalue weighted by atomic mass is 15.1. The topological polar surface area (TPSA) is 49.6 Å². The highest BCUT2D eigenvalue weighted by molar-refractivity contribution is 5.28. The van der Waals surface area contributed by atoms with Gasteiger partial charge in [-0.05, 0) is 18.9 Å². The summed E-state index contributed by atoms with van der Waals surface area (Å²) in [4.78, 5) is 0. The third-order valence-electron chi connectivity index (χ3n) is 1.80. The Morgan fingerprint density at radius 2 is 2.36 bits per heavy atom. The summed E-state index contributed by atoms with van der Waals surface area (Å²) in [5.41, 5.74) is 1.59. The van der Waals surface area contributed by atoms with Crippen molar-refractivity contribution in [1.82, 2.24) is 10.2 Å². The van der Waals surface area contributed by atoms with Crippen molar-refractivity contribution in [2.45, 2.75) is 18.8 Å². The summed E-state index contributed by atoms with van der Waals surface area (Å²) in [6, 6.07) is 3.87. The zero-order valence-corrected chi connectivity index (χ0v) is 5.99. The van der Waals surface area contributed by atoms with Gasteiger partial charge >= 0.3 is 0 Å². The van der Waals surface area contributed by atoms with E-state index in [0.29, 0.717) is 11.5 Å². The summed E-state index contributed by atoms with van der Waals surface area (Å²) in [6.45, 7) is 0. The third kappa shape index (κ3) is 1.20. The first-order valence-electron chi connectivity index (χ1n) is 3.63. The number of hydrogen-bond acceptors (Lipinski definition) is 3. The summed E-state index contributed by atoms with van der Waals surface area (Å²) < 4.78 is 0. The molecule has 0 bridgehead atoms. The van der Waals surface area contributed by atoms with Crippen molar-refractivity contribution in [2.75, 3.05) is 0 Å². The summed E-state index contributed by atoms with van der Waals surface area (Å²) in [5.74, 6) is 0.579. The molecule has 1 aromatic rings. The lowest BCUT2D eigenvalue weighted by Crippen LogP contribution is -1.90. The largest absolute Gasteiger partial charge is 0.192 e. The molecule has 1 aliphatic carbocycles. The van der Waals surface area contributed by atoms with Crippen molar-refractivity contribution in [3.63, 3.8) is 0 Å². The molecule has 3 nitrogen and oxygen atoms in total. The van der Waals surface area contributed by atoms with Gasteiger partial charge in [-0.1, -0.05) is 0 Å². The van der Waals surface area contributed by atoms with E-state index < -0.39 is 0 Å². The Kier molecular flexibility index (Phi) is 1.32. The Labute approximate surface area is 64.7 Å². The average molecular weight is 145 g/mol. The first-order valence-corrected chi connectivity index (χ1v) is 3.63. The first kappa shape index (κ1) is 6.29. The van der Waals surface area contributed by atoms with Gasteiger partial charge in [-0.3, -0.25) is 0 Å². The maximum absolute atomic E-state index is 8.55. The minimum Gasteiger partial charge on any atom is -0.192 e. The van der Waals surface area contributed by atoms with Crippen LogP contribution in [-0.2, 0) is 0 Å². The smallest absolute Gasteiger partial charge is 0.101 e. The fraction of sp³-hybridized carbons (Fsp3) is 0.375. The lowest BCUT2D eigenvalue weighted by molar-refractivity contribution is 0.906. The van der Waals surface area contributed by atoms with Gasteiger partial charge in [0.05, 0.1) is 17.5 Å². The van der Waals surface area contributed by atoms with E-state index in [1.807, 2.05) is 12.1 Å². The van der Waals surface area contributed by atoms with E-state index in [9.17, 15) is 0 Å². The predicted molar refractivity (Wildman–Crippen MR) is 38.7 cm³/mol. The van der Waals surface area contributed by atoms with E-state index in [1.165, 1.54) is 19.0 Å². The van der Waals surface area contributed by atoms with Crippen molar-refractivity contribution < 1.29 is 0 Å². The Bertz CT molecular complexity index is 309. The van der Waals surface area contributed by atoms with E-state index in [2.05, 4.69) is 10.2 Å². The van der Waals surface area contributed by atoms with Crippen molar-refractivity contribution in [1.29, 1.82) is 5.26 Å². The molecule has 1 fully saturated rings. The second-order valence-electron chi connectivity index (χ2n) is 2.76. The molecule has 2 rings (SSSR count). The van der Waals surface area contributed by atoms with E-state index in [-0.39, 0.29) is 0 Å². The fourth-order valence-electron chi connectivity index (χ4n) is 1.02. The molecule has 0 unspecified atom stereocenters. The minimum absolute atomic E-state index is 0.579. The van der Waals surface area contributed by atoms with Gasteiger partial charge in [0.1, 0.15) is 6.07 Å². The Balaban J connectivity index is 2.35. The van der Waals surface area contributed by atoms with Gasteiger partial charge in [0.15, 0.2) is 0 Å². The van der Waals surface area contributed by atoms with Crippen molar-refractivity contribution in [3.8, 4) is 6.07 Å². The van der Waals surface area contributed by atoms with Gasteiger partial charge in [-0.15, -0.1) is 0 Å². The predicted octanol–water partition coefficient (Wildman–Crippen LogP) is 1.23. The molecular formula is C8H7N3. The molecule has 54 valence electrons. The molecule has 0 saturated heterocycles. The number of aromatic nitrogens is 2. The molecule has 0 atom stereocenters. The molecule has 0 aliphatic heterocycles. The standard InChI is InChI=1S/C8H7N3/c9-4-6-3-8(7-1-2-7)11-10-5-6/h3,5,7H,1-2H2. The van der Waals surface area contributed by atoms with Crippen LogP contribution in [0.2, 0.25) is 0 Å². The Morgan fingerprint density at radius 3 is 3.00 bits per heavy atom. The lowest BCUT2D eigenvalue weighted by atomic mass is 10.2. The second-order valence-corrected chi connectivity index (χ2v) is 2.76. The van der Waals surface area contributed by atoms with E-state index in [0.717, 1.165) is 5.69 Å². The minimum atomic E-state index is 0.579. The van der Waals surface area contributed by atoms with Gasteiger partial charge < -0.3 is 0 Å². The first-order chi connectivity index (χ1) is 5.40. The molecule has 0 amide bonds. The number of hydrogen-bond donors (Lipinski definition) is 0. The monoisotopic (exact) mass is 145 g/mol. The molecule has 1 aromatic heterocycles. The van der Waals surface area contributed by atoms with Crippen molar-refractivity contribution in [2.24, 2.45) is 0 Å². The van der Waals surface area contributed by atoms with Gasteiger partial charge in [-0.25, -0.2) is 0 Å². The van der Waals surface area contributed by atoms with Gasteiger partial charge in [0.25, 0.3) is 0 Å². The molecule has 1 aliphatic rings. The Hall–Kier alpha value is -1.43. The SMILES string of the molecule is N#Cc1cnnc(C2CC2)c1.